The summed E-state index contributed by atoms with van der Waals surface area (Å²) in [6.07, 6.45) is 0.572. The summed E-state index contributed by atoms with van der Waals surface area (Å²) in [5.74, 6) is 0.363. The molecular formula is C30H32N6O6S2. The van der Waals surface area contributed by atoms with Crippen LogP contribution in [0.15, 0.2) is 65.6 Å². The number of pyridine rings is 1. The van der Waals surface area contributed by atoms with Gasteiger partial charge in [-0.3, -0.25) is 15.0 Å². The fourth-order valence-corrected chi connectivity index (χ4v) is 8.20. The van der Waals surface area contributed by atoms with E-state index >= 15 is 0 Å². The van der Waals surface area contributed by atoms with Gasteiger partial charge < -0.3 is 14.7 Å². The van der Waals surface area contributed by atoms with Gasteiger partial charge in [-0.1, -0.05) is 41.7 Å². The number of benzene rings is 2. The molecule has 6 rings (SSSR count). The molecule has 1 unspecified atom stereocenters. The Morgan fingerprint density at radius 2 is 1.91 bits per heavy atom. The normalized spacial score (nSPS) is 17.9. The van der Waals surface area contributed by atoms with Crippen LogP contribution in [0.5, 0.6) is 5.88 Å². The van der Waals surface area contributed by atoms with Gasteiger partial charge in [0, 0.05) is 56.8 Å². The number of carbonyl (C=O) groups is 2. The second kappa shape index (κ2) is 11.8. The van der Waals surface area contributed by atoms with E-state index in [-0.39, 0.29) is 37.0 Å². The number of rotatable bonds is 8. The van der Waals surface area contributed by atoms with Gasteiger partial charge in [-0.2, -0.15) is 4.31 Å². The number of carbonyl (C=O) groups excluding carboxylic acids is 2. The number of hydrogen-bond donors (Lipinski definition) is 2. The third-order valence-corrected chi connectivity index (χ3v) is 10.9. The molecule has 230 valence electrons. The highest BCUT2D eigenvalue weighted by atomic mass is 32.2. The van der Waals surface area contributed by atoms with E-state index < -0.39 is 21.5 Å². The molecule has 2 aliphatic rings. The molecule has 4 aromatic rings. The standard InChI is InChI=1S/C30H32N6O6S2/c1-20(38)34-13-12-30(18-34)19-36(29(39)33-28-31-24-9-11-26(42-2)32-27(24)43-28)25-10-8-22(16-23(25)30)44(40,41)35(14-15-37)17-21-6-4-3-5-7-21/h3-11,16,37H,12-15,17-19H2,1-2H3,(H,31,33,39). The van der Waals surface area contributed by atoms with Crippen LogP contribution in [0.2, 0.25) is 0 Å². The van der Waals surface area contributed by atoms with Crippen LogP contribution in [0, 0.1) is 0 Å². The first-order chi connectivity index (χ1) is 21.1. The molecule has 1 spiro atoms. The van der Waals surface area contributed by atoms with Crippen LogP contribution in [-0.4, -0.2) is 84.5 Å². The molecule has 2 aliphatic heterocycles. The maximum atomic E-state index is 13.9. The molecule has 0 saturated carbocycles. The van der Waals surface area contributed by atoms with Crippen molar-refractivity contribution >= 4 is 54.5 Å². The van der Waals surface area contributed by atoms with Crippen molar-refractivity contribution in [2.24, 2.45) is 0 Å². The van der Waals surface area contributed by atoms with Gasteiger partial charge in [0.25, 0.3) is 0 Å². The number of hydrogen-bond acceptors (Lipinski definition) is 9. The lowest BCUT2D eigenvalue weighted by molar-refractivity contribution is -0.127. The SMILES string of the molecule is COc1ccc2nc(NC(=O)N3CC4(CCN(C(C)=O)C4)c4cc(S(=O)(=O)N(CCO)Cc5ccccc5)ccc43)sc2n1. The number of likely N-dealkylation sites (tertiary alicyclic amines) is 1. The molecule has 1 fully saturated rings. The molecule has 3 amide bonds. The largest absolute Gasteiger partial charge is 0.481 e. The van der Waals surface area contributed by atoms with Crippen molar-refractivity contribution in [2.75, 3.05) is 50.1 Å². The van der Waals surface area contributed by atoms with E-state index in [1.54, 1.807) is 34.1 Å². The Labute approximate surface area is 258 Å². The maximum absolute atomic E-state index is 13.9. The Morgan fingerprint density at radius 3 is 2.61 bits per heavy atom. The van der Waals surface area contributed by atoms with E-state index in [1.807, 2.05) is 30.3 Å². The quantitative estimate of drug-likeness (QED) is 0.299. The number of nitrogens with zero attached hydrogens (tertiary/aromatic N) is 5. The van der Waals surface area contributed by atoms with Crippen LogP contribution in [0.3, 0.4) is 0 Å². The van der Waals surface area contributed by atoms with E-state index in [0.717, 1.165) is 5.56 Å². The number of fused-ring (bicyclic) bond motifs is 3. The van der Waals surface area contributed by atoms with E-state index in [1.165, 1.54) is 35.7 Å². The Morgan fingerprint density at radius 1 is 1.11 bits per heavy atom. The summed E-state index contributed by atoms with van der Waals surface area (Å²) in [6, 6.07) is 17.0. The van der Waals surface area contributed by atoms with E-state index in [0.29, 0.717) is 52.1 Å². The first-order valence-electron chi connectivity index (χ1n) is 14.1. The Bertz CT molecular complexity index is 1830. The summed E-state index contributed by atoms with van der Waals surface area (Å²) in [5.41, 5.74) is 2.03. The number of sulfonamides is 1. The fraction of sp³-hybridized carbons (Fsp3) is 0.333. The average molecular weight is 637 g/mol. The van der Waals surface area contributed by atoms with Gasteiger partial charge in [-0.15, -0.1) is 0 Å². The van der Waals surface area contributed by atoms with Gasteiger partial charge in [0.2, 0.25) is 21.8 Å². The van der Waals surface area contributed by atoms with Crippen LogP contribution in [0.25, 0.3) is 10.3 Å². The molecule has 2 N–H and O–H groups in total. The predicted molar refractivity (Wildman–Crippen MR) is 166 cm³/mol. The zero-order chi connectivity index (χ0) is 31.1. The summed E-state index contributed by atoms with van der Waals surface area (Å²) in [6.45, 7) is 2.32. The average Bonchev–Trinajstić information content (AvgIpc) is 3.72. The van der Waals surface area contributed by atoms with Crippen LogP contribution in [0.4, 0.5) is 15.6 Å². The first-order valence-corrected chi connectivity index (χ1v) is 16.3. The molecule has 0 radical (unpaired) electrons. The number of anilines is 2. The number of thiazole rings is 1. The van der Waals surface area contributed by atoms with Crippen molar-refractivity contribution in [3.8, 4) is 5.88 Å². The second-order valence-electron chi connectivity index (χ2n) is 10.9. The van der Waals surface area contributed by atoms with Crippen molar-refractivity contribution in [2.45, 2.75) is 30.2 Å². The smallest absolute Gasteiger partial charge is 0.328 e. The molecular weight excluding hydrogens is 605 g/mol. The van der Waals surface area contributed by atoms with Crippen LogP contribution in [-0.2, 0) is 26.8 Å². The maximum Gasteiger partial charge on any atom is 0.328 e. The molecule has 2 aromatic heterocycles. The molecule has 0 bridgehead atoms. The highest BCUT2D eigenvalue weighted by molar-refractivity contribution is 7.89. The predicted octanol–water partition coefficient (Wildman–Crippen LogP) is 3.43. The molecule has 1 saturated heterocycles. The third kappa shape index (κ3) is 5.49. The van der Waals surface area contributed by atoms with Crippen LogP contribution >= 0.6 is 11.3 Å². The monoisotopic (exact) mass is 636 g/mol. The number of ether oxygens (including phenoxy) is 1. The second-order valence-corrected chi connectivity index (χ2v) is 13.8. The third-order valence-electron chi connectivity index (χ3n) is 8.18. The number of amides is 3. The van der Waals surface area contributed by atoms with Crippen molar-refractivity contribution in [3.63, 3.8) is 0 Å². The van der Waals surface area contributed by atoms with Gasteiger partial charge in [0.05, 0.1) is 18.6 Å². The zero-order valence-electron chi connectivity index (χ0n) is 24.3. The minimum Gasteiger partial charge on any atom is -0.481 e. The van der Waals surface area contributed by atoms with Crippen molar-refractivity contribution in [3.05, 3.63) is 71.8 Å². The van der Waals surface area contributed by atoms with Gasteiger partial charge in [-0.25, -0.2) is 23.2 Å². The number of aromatic nitrogens is 2. The number of aliphatic hydroxyl groups is 1. The molecule has 4 heterocycles. The zero-order valence-corrected chi connectivity index (χ0v) is 25.9. The fourth-order valence-electron chi connectivity index (χ4n) is 5.94. The van der Waals surface area contributed by atoms with Gasteiger partial charge in [0.1, 0.15) is 10.3 Å². The number of aliphatic hydroxyl groups excluding tert-OH is 1. The lowest BCUT2D eigenvalue weighted by atomic mass is 9.81. The van der Waals surface area contributed by atoms with Crippen molar-refractivity contribution in [1.82, 2.24) is 19.2 Å². The van der Waals surface area contributed by atoms with Gasteiger partial charge in [-0.05, 0) is 41.8 Å². The molecule has 14 heteroatoms. The molecule has 2 aromatic carbocycles. The van der Waals surface area contributed by atoms with Crippen molar-refractivity contribution < 1.29 is 27.9 Å². The summed E-state index contributed by atoms with van der Waals surface area (Å²) >= 11 is 1.22. The van der Waals surface area contributed by atoms with Crippen molar-refractivity contribution in [1.29, 1.82) is 0 Å². The first kappa shape index (κ1) is 29.9. The minimum absolute atomic E-state index is 0.0646. The molecule has 44 heavy (non-hydrogen) atoms. The summed E-state index contributed by atoms with van der Waals surface area (Å²) in [4.78, 5) is 38.9. The van der Waals surface area contributed by atoms with Gasteiger partial charge >= 0.3 is 6.03 Å². The minimum atomic E-state index is -4.02. The molecule has 1 atom stereocenters. The molecule has 0 aliphatic carbocycles. The molecule has 12 nitrogen and oxygen atoms in total. The Kier molecular flexibility index (Phi) is 8.01. The number of urea groups is 1. The Hall–Kier alpha value is -4.11. The summed E-state index contributed by atoms with van der Waals surface area (Å²) < 4.78 is 34.3. The lowest BCUT2D eigenvalue weighted by Crippen LogP contribution is -2.41. The highest BCUT2D eigenvalue weighted by Gasteiger charge is 2.50. The topological polar surface area (TPSA) is 145 Å². The van der Waals surface area contributed by atoms with Gasteiger partial charge in [0.15, 0.2) is 5.13 Å². The lowest BCUT2D eigenvalue weighted by Gasteiger charge is -2.26. The number of methoxy groups -OCH3 is 1. The summed E-state index contributed by atoms with van der Waals surface area (Å²) in [5, 5.41) is 13.0. The Balaban J connectivity index is 1.34. The summed E-state index contributed by atoms with van der Waals surface area (Å²) in [7, 11) is -2.49. The van der Waals surface area contributed by atoms with E-state index in [4.69, 9.17) is 4.74 Å². The number of nitrogens with one attached hydrogen (secondary N) is 1. The van der Waals surface area contributed by atoms with Crippen LogP contribution < -0.4 is 15.0 Å². The van der Waals surface area contributed by atoms with E-state index in [9.17, 15) is 23.1 Å². The van der Waals surface area contributed by atoms with Crippen LogP contribution in [0.1, 0.15) is 24.5 Å². The van der Waals surface area contributed by atoms with E-state index in [2.05, 4.69) is 15.3 Å². The highest BCUT2D eigenvalue weighted by Crippen LogP contribution is 2.47.